The number of hydrogen-bond acceptors (Lipinski definition) is 6. The van der Waals surface area contributed by atoms with Gasteiger partial charge in [-0.05, 0) is 37.1 Å². The van der Waals surface area contributed by atoms with E-state index in [1.165, 1.54) is 0 Å². The van der Waals surface area contributed by atoms with Crippen LogP contribution in [-0.4, -0.2) is 43.4 Å². The van der Waals surface area contributed by atoms with Crippen LogP contribution in [-0.2, 0) is 9.59 Å². The number of nitrogens with one attached hydrogen (secondary N) is 1. The van der Waals surface area contributed by atoms with Crippen molar-refractivity contribution in [3.05, 3.63) is 47.3 Å². The number of amides is 1. The lowest BCUT2D eigenvalue weighted by Crippen LogP contribution is -2.26. The Kier molecular flexibility index (Phi) is 5.17. The molecule has 1 aliphatic heterocycles. The predicted octanol–water partition coefficient (Wildman–Crippen LogP) is 1.89. The Morgan fingerprint density at radius 1 is 1.46 bits per heavy atom. The number of nitrogens with zero attached hydrogens (tertiary/aromatic N) is 4. The number of rotatable bonds is 5. The van der Waals surface area contributed by atoms with Crippen LogP contribution in [0.1, 0.15) is 23.1 Å². The molecule has 0 spiro atoms. The van der Waals surface area contributed by atoms with Gasteiger partial charge in [-0.3, -0.25) is 9.59 Å². The molecule has 8 nitrogen and oxygen atoms in total. The molecule has 1 atom stereocenters. The number of aromatic nitrogens is 2. The Morgan fingerprint density at radius 2 is 2.27 bits per heavy atom. The molecular formula is C17H17N5O3S. The summed E-state index contributed by atoms with van der Waals surface area (Å²) in [6, 6.07) is 5.88. The molecule has 1 saturated heterocycles. The van der Waals surface area contributed by atoms with E-state index in [0.717, 1.165) is 34.1 Å². The summed E-state index contributed by atoms with van der Waals surface area (Å²) < 4.78 is 1.75. The number of carbonyl (C=O) groups is 2. The van der Waals surface area contributed by atoms with Crippen molar-refractivity contribution in [1.82, 2.24) is 15.1 Å². The first kappa shape index (κ1) is 17.9. The molecule has 1 aromatic heterocycles. The zero-order chi connectivity index (χ0) is 18.7. The zero-order valence-electron chi connectivity index (χ0n) is 14.2. The summed E-state index contributed by atoms with van der Waals surface area (Å²) in [6.07, 6.45) is 4.91. The first-order valence-corrected chi connectivity index (χ1v) is 8.73. The summed E-state index contributed by atoms with van der Waals surface area (Å²) >= 11 is 1.07. The summed E-state index contributed by atoms with van der Waals surface area (Å²) in [5.74, 6) is -1.39. The van der Waals surface area contributed by atoms with Crippen LogP contribution in [0, 0.1) is 13.8 Å². The van der Waals surface area contributed by atoms with Crippen molar-refractivity contribution in [3.8, 4) is 5.69 Å². The molecule has 2 heterocycles. The fourth-order valence-corrected chi connectivity index (χ4v) is 3.52. The van der Waals surface area contributed by atoms with Crippen molar-refractivity contribution in [2.45, 2.75) is 25.5 Å². The molecule has 1 aromatic carbocycles. The van der Waals surface area contributed by atoms with Gasteiger partial charge in [0.1, 0.15) is 5.25 Å². The van der Waals surface area contributed by atoms with Crippen LogP contribution in [0.4, 0.5) is 0 Å². The number of hydrogen-bond donors (Lipinski definition) is 2. The number of amidine groups is 1. The van der Waals surface area contributed by atoms with Crippen LogP contribution >= 0.6 is 11.8 Å². The predicted molar refractivity (Wildman–Crippen MR) is 99.8 cm³/mol. The second-order valence-electron chi connectivity index (χ2n) is 5.81. The van der Waals surface area contributed by atoms with Crippen LogP contribution in [0.2, 0.25) is 0 Å². The van der Waals surface area contributed by atoms with Crippen molar-refractivity contribution in [2.75, 3.05) is 0 Å². The first-order chi connectivity index (χ1) is 12.4. The van der Waals surface area contributed by atoms with Gasteiger partial charge in [-0.15, -0.1) is 5.10 Å². The molecule has 26 heavy (non-hydrogen) atoms. The Labute approximate surface area is 154 Å². The maximum atomic E-state index is 11.7. The number of benzene rings is 1. The van der Waals surface area contributed by atoms with Crippen molar-refractivity contribution in [3.63, 3.8) is 0 Å². The summed E-state index contributed by atoms with van der Waals surface area (Å²) in [4.78, 5) is 22.5. The molecule has 0 saturated carbocycles. The summed E-state index contributed by atoms with van der Waals surface area (Å²) in [5, 5.41) is 23.3. The Morgan fingerprint density at radius 3 is 2.96 bits per heavy atom. The molecule has 3 rings (SSSR count). The van der Waals surface area contributed by atoms with Gasteiger partial charge in [0, 0.05) is 18.0 Å². The molecule has 1 aliphatic rings. The van der Waals surface area contributed by atoms with Crippen molar-refractivity contribution in [2.24, 2.45) is 10.2 Å². The van der Waals surface area contributed by atoms with Crippen LogP contribution in [0.15, 0.2) is 40.8 Å². The Balaban J connectivity index is 1.83. The number of carboxylic acids is 1. The van der Waals surface area contributed by atoms with Gasteiger partial charge < -0.3 is 10.4 Å². The molecule has 0 radical (unpaired) electrons. The third kappa shape index (κ3) is 3.99. The molecule has 134 valence electrons. The lowest BCUT2D eigenvalue weighted by atomic mass is 10.0. The standard InChI is InChI=1S/C17H17N5O3S/c1-10-6-11(2)12(13(7-10)22-5-3-4-19-22)9-18-21-17-20-16(25)14(26-17)8-15(23)24/h3-7,9,14H,8H2,1-2H3,(H,23,24)(H,20,21,25). The number of carboxylic acid groups (broad SMARTS) is 1. The fourth-order valence-electron chi connectivity index (χ4n) is 2.61. The average molecular weight is 371 g/mol. The monoisotopic (exact) mass is 371 g/mol. The van der Waals surface area contributed by atoms with Gasteiger partial charge in [0.05, 0.1) is 18.3 Å². The quantitative estimate of drug-likeness (QED) is 0.616. The summed E-state index contributed by atoms with van der Waals surface area (Å²) in [6.45, 7) is 3.98. The number of carbonyl (C=O) groups excluding carboxylic acids is 1. The van der Waals surface area contributed by atoms with Crippen LogP contribution in [0.5, 0.6) is 0 Å². The minimum absolute atomic E-state index is 0.250. The molecule has 1 amide bonds. The molecule has 0 bridgehead atoms. The molecule has 2 N–H and O–H groups in total. The molecule has 2 aromatic rings. The number of aryl methyl sites for hydroxylation is 2. The van der Waals surface area contributed by atoms with Gasteiger partial charge in [0.15, 0.2) is 5.17 Å². The maximum absolute atomic E-state index is 11.7. The van der Waals surface area contributed by atoms with Gasteiger partial charge in [-0.1, -0.05) is 17.8 Å². The van der Waals surface area contributed by atoms with E-state index in [1.54, 1.807) is 17.1 Å². The van der Waals surface area contributed by atoms with Crippen LogP contribution < -0.4 is 5.32 Å². The van der Waals surface area contributed by atoms with E-state index >= 15 is 0 Å². The van der Waals surface area contributed by atoms with Crippen molar-refractivity contribution < 1.29 is 14.7 Å². The smallest absolute Gasteiger partial charge is 0.305 e. The van der Waals surface area contributed by atoms with E-state index in [1.807, 2.05) is 38.2 Å². The van der Waals surface area contributed by atoms with E-state index in [9.17, 15) is 9.59 Å². The highest BCUT2D eigenvalue weighted by Gasteiger charge is 2.32. The lowest BCUT2D eigenvalue weighted by molar-refractivity contribution is -0.138. The highest BCUT2D eigenvalue weighted by Crippen LogP contribution is 2.23. The van der Waals surface area contributed by atoms with E-state index in [-0.39, 0.29) is 12.3 Å². The van der Waals surface area contributed by atoms with E-state index < -0.39 is 11.2 Å². The molecule has 9 heteroatoms. The first-order valence-electron chi connectivity index (χ1n) is 7.85. The second kappa shape index (κ2) is 7.52. The Bertz CT molecular complexity index is 905. The highest BCUT2D eigenvalue weighted by molar-refractivity contribution is 8.15. The maximum Gasteiger partial charge on any atom is 0.305 e. The third-order valence-corrected chi connectivity index (χ3v) is 4.80. The summed E-state index contributed by atoms with van der Waals surface area (Å²) in [7, 11) is 0. The zero-order valence-corrected chi connectivity index (χ0v) is 15.0. The molecule has 1 unspecified atom stereocenters. The van der Waals surface area contributed by atoms with E-state index in [2.05, 4.69) is 20.6 Å². The van der Waals surface area contributed by atoms with Crippen LogP contribution in [0.25, 0.3) is 5.69 Å². The highest BCUT2D eigenvalue weighted by atomic mass is 32.2. The van der Waals surface area contributed by atoms with E-state index in [4.69, 9.17) is 5.11 Å². The summed E-state index contributed by atoms with van der Waals surface area (Å²) in [5.41, 5.74) is 3.86. The Hall–Kier alpha value is -2.94. The largest absolute Gasteiger partial charge is 0.481 e. The molecule has 1 fully saturated rings. The normalized spacial score (nSPS) is 18.6. The number of aliphatic carboxylic acids is 1. The van der Waals surface area contributed by atoms with Gasteiger partial charge >= 0.3 is 5.97 Å². The van der Waals surface area contributed by atoms with E-state index in [0.29, 0.717) is 5.17 Å². The minimum atomic E-state index is -1.03. The lowest BCUT2D eigenvalue weighted by Gasteiger charge is -2.10. The second-order valence-corrected chi connectivity index (χ2v) is 7.00. The molecular weight excluding hydrogens is 354 g/mol. The average Bonchev–Trinajstić information content (AvgIpc) is 3.19. The number of thioether (sulfide) groups is 1. The van der Waals surface area contributed by atoms with Crippen molar-refractivity contribution in [1.29, 1.82) is 0 Å². The van der Waals surface area contributed by atoms with Gasteiger partial charge in [-0.25, -0.2) is 4.68 Å². The van der Waals surface area contributed by atoms with Gasteiger partial charge in [-0.2, -0.15) is 10.2 Å². The SMILES string of the molecule is Cc1cc(C)c(C=NN=C2NC(=O)C(CC(=O)O)S2)c(-n2cccn2)c1. The third-order valence-electron chi connectivity index (χ3n) is 3.73. The van der Waals surface area contributed by atoms with Crippen molar-refractivity contribution >= 4 is 35.0 Å². The van der Waals surface area contributed by atoms with Gasteiger partial charge in [0.25, 0.3) is 0 Å². The fraction of sp³-hybridized carbons (Fsp3) is 0.235. The van der Waals surface area contributed by atoms with Gasteiger partial charge in [0.2, 0.25) is 5.91 Å². The minimum Gasteiger partial charge on any atom is -0.481 e. The molecule has 0 aliphatic carbocycles. The topological polar surface area (TPSA) is 109 Å². The van der Waals surface area contributed by atoms with Crippen LogP contribution in [0.3, 0.4) is 0 Å².